The first kappa shape index (κ1) is 22.3. The zero-order valence-corrected chi connectivity index (χ0v) is 20.3. The number of rotatable bonds is 4. The largest absolute Gasteiger partial charge is 0.349 e. The monoisotopic (exact) mass is 457 g/mol. The molecule has 176 valence electrons. The van der Waals surface area contributed by atoms with E-state index in [2.05, 4.69) is 41.0 Å². The van der Waals surface area contributed by atoms with Gasteiger partial charge in [-0.05, 0) is 50.3 Å². The van der Waals surface area contributed by atoms with Crippen LogP contribution in [-0.2, 0) is 4.79 Å². The molecule has 1 aliphatic carbocycles. The second-order valence-corrected chi connectivity index (χ2v) is 9.99. The summed E-state index contributed by atoms with van der Waals surface area (Å²) in [7, 11) is 0. The van der Waals surface area contributed by atoms with Crippen LogP contribution >= 0.6 is 0 Å². The van der Waals surface area contributed by atoms with Crippen molar-refractivity contribution in [1.82, 2.24) is 24.4 Å². The van der Waals surface area contributed by atoms with Crippen molar-refractivity contribution >= 4 is 22.8 Å². The van der Waals surface area contributed by atoms with E-state index < -0.39 is 0 Å². The molecule has 2 atom stereocenters. The summed E-state index contributed by atoms with van der Waals surface area (Å²) in [6.45, 7) is 9.61. The maximum atomic E-state index is 12.8. The van der Waals surface area contributed by atoms with Crippen molar-refractivity contribution in [2.75, 3.05) is 18.0 Å². The van der Waals surface area contributed by atoms with Crippen LogP contribution in [0, 0.1) is 17.2 Å². The number of hydrogen-bond acceptors (Lipinski definition) is 6. The number of carbonyl (C=O) groups excluding carboxylic acids is 1. The summed E-state index contributed by atoms with van der Waals surface area (Å²) >= 11 is 0. The quantitative estimate of drug-likeness (QED) is 0.587. The molecule has 8 heteroatoms. The fraction of sp³-hybridized carbons (Fsp3) is 0.500. The molecule has 3 aromatic rings. The fourth-order valence-corrected chi connectivity index (χ4v) is 5.17. The van der Waals surface area contributed by atoms with Crippen LogP contribution in [0.4, 0.5) is 5.82 Å². The Labute approximate surface area is 200 Å². The summed E-state index contributed by atoms with van der Waals surface area (Å²) in [6.07, 6.45) is 8.97. The molecular weight excluding hydrogens is 426 g/mol. The molecule has 0 spiro atoms. The Morgan fingerprint density at radius 2 is 1.94 bits per heavy atom. The molecule has 0 unspecified atom stereocenters. The minimum Gasteiger partial charge on any atom is -0.349 e. The number of pyridine rings is 1. The molecule has 1 aliphatic heterocycles. The fourth-order valence-electron chi connectivity index (χ4n) is 5.17. The first-order valence-electron chi connectivity index (χ1n) is 12.2. The van der Waals surface area contributed by atoms with Crippen LogP contribution in [0.3, 0.4) is 0 Å². The van der Waals surface area contributed by atoms with Gasteiger partial charge >= 0.3 is 0 Å². The third kappa shape index (κ3) is 3.69. The van der Waals surface area contributed by atoms with Gasteiger partial charge in [0.2, 0.25) is 5.91 Å². The zero-order valence-electron chi connectivity index (χ0n) is 20.3. The molecule has 5 rings (SSSR count). The highest BCUT2D eigenvalue weighted by atomic mass is 16.2. The second kappa shape index (κ2) is 8.71. The van der Waals surface area contributed by atoms with E-state index in [1.165, 1.54) is 12.0 Å². The van der Waals surface area contributed by atoms with Crippen LogP contribution < -0.4 is 4.90 Å². The lowest BCUT2D eigenvalue weighted by Gasteiger charge is -2.45. The van der Waals surface area contributed by atoms with Crippen molar-refractivity contribution in [2.24, 2.45) is 5.92 Å². The van der Waals surface area contributed by atoms with E-state index in [4.69, 9.17) is 4.98 Å². The molecule has 1 saturated carbocycles. The Bertz CT molecular complexity index is 1270. The third-order valence-electron chi connectivity index (χ3n) is 7.29. The van der Waals surface area contributed by atoms with E-state index in [-0.39, 0.29) is 23.9 Å². The van der Waals surface area contributed by atoms with E-state index in [1.54, 1.807) is 24.7 Å². The third-order valence-corrected chi connectivity index (χ3v) is 7.29. The molecule has 3 aromatic heterocycles. The Morgan fingerprint density at radius 3 is 2.62 bits per heavy atom. The van der Waals surface area contributed by atoms with Crippen LogP contribution in [0.5, 0.6) is 0 Å². The summed E-state index contributed by atoms with van der Waals surface area (Å²) in [6, 6.07) is 5.95. The average Bonchev–Trinajstić information content (AvgIpc) is 3.18. The molecule has 8 nitrogen and oxygen atoms in total. The Hall–Kier alpha value is -3.47. The second-order valence-electron chi connectivity index (χ2n) is 9.99. The van der Waals surface area contributed by atoms with Crippen molar-refractivity contribution in [1.29, 1.82) is 5.26 Å². The Kier molecular flexibility index (Phi) is 5.72. The molecule has 2 aliphatic rings. The van der Waals surface area contributed by atoms with Crippen molar-refractivity contribution in [2.45, 2.75) is 65.0 Å². The van der Waals surface area contributed by atoms with Crippen molar-refractivity contribution < 1.29 is 4.79 Å². The van der Waals surface area contributed by atoms with Gasteiger partial charge in [-0.2, -0.15) is 5.26 Å². The summed E-state index contributed by atoms with van der Waals surface area (Å²) in [4.78, 5) is 31.1. The molecule has 0 bridgehead atoms. The van der Waals surface area contributed by atoms with E-state index in [1.807, 2.05) is 23.3 Å². The lowest BCUT2D eigenvalue weighted by molar-refractivity contribution is -0.137. The number of anilines is 1. The smallest absolute Gasteiger partial charge is 0.225 e. The molecule has 2 fully saturated rings. The Morgan fingerprint density at radius 1 is 1.15 bits per heavy atom. The Balaban J connectivity index is 1.61. The summed E-state index contributed by atoms with van der Waals surface area (Å²) < 4.78 is 2.00. The summed E-state index contributed by atoms with van der Waals surface area (Å²) in [5.41, 5.74) is 2.64. The topological polar surface area (TPSA) is 90.9 Å². The molecule has 1 amide bonds. The SMILES string of the molecule is CC(C)C(=O)N1C[C@H](C)N(c2ncnc3c2c(C2CCC2)cn3-c2cc(C#N)ccn2)C[C@H]1C. The first-order valence-corrected chi connectivity index (χ1v) is 12.2. The molecule has 0 aromatic carbocycles. The van der Waals surface area contributed by atoms with Gasteiger partial charge in [-0.1, -0.05) is 20.3 Å². The zero-order chi connectivity index (χ0) is 24.0. The number of aromatic nitrogens is 4. The van der Waals surface area contributed by atoms with E-state index >= 15 is 0 Å². The predicted molar refractivity (Wildman–Crippen MR) is 131 cm³/mol. The summed E-state index contributed by atoms with van der Waals surface area (Å²) in [5.74, 6) is 2.29. The number of nitrogens with zero attached hydrogens (tertiary/aromatic N) is 7. The lowest BCUT2D eigenvalue weighted by atomic mass is 9.80. The number of fused-ring (bicyclic) bond motifs is 1. The van der Waals surface area contributed by atoms with Crippen LogP contribution in [0.25, 0.3) is 16.9 Å². The van der Waals surface area contributed by atoms with Gasteiger partial charge in [-0.15, -0.1) is 0 Å². The maximum Gasteiger partial charge on any atom is 0.225 e. The summed E-state index contributed by atoms with van der Waals surface area (Å²) in [5, 5.41) is 10.4. The van der Waals surface area contributed by atoms with Crippen LogP contribution in [-0.4, -0.2) is 55.5 Å². The van der Waals surface area contributed by atoms with Gasteiger partial charge in [0.1, 0.15) is 18.0 Å². The number of amides is 1. The first-order chi connectivity index (χ1) is 16.4. The lowest BCUT2D eigenvalue weighted by Crippen LogP contribution is -2.59. The molecular formula is C26H31N7O. The maximum absolute atomic E-state index is 12.8. The minimum atomic E-state index is -0.0112. The van der Waals surface area contributed by atoms with Crippen molar-refractivity contribution in [3.8, 4) is 11.9 Å². The number of nitriles is 1. The predicted octanol–water partition coefficient (Wildman–Crippen LogP) is 4.04. The molecule has 1 saturated heterocycles. The normalized spacial score (nSPS) is 21.1. The average molecular weight is 458 g/mol. The van der Waals surface area contributed by atoms with Gasteiger partial charge in [-0.25, -0.2) is 15.0 Å². The highest BCUT2D eigenvalue weighted by Crippen LogP contribution is 2.43. The standard InChI is InChI=1S/C26H31N7O/c1-16(2)26(34)32-13-17(3)31(12-18(32)4)24-23-21(20-6-5-7-20)14-33(25(23)30-15-29-24)22-10-19(11-27)8-9-28-22/h8-10,14-18,20H,5-7,12-13H2,1-4H3/t17-,18+/m0/s1. The van der Waals surface area contributed by atoms with Crippen molar-refractivity contribution in [3.63, 3.8) is 0 Å². The van der Waals surface area contributed by atoms with Gasteiger partial charge in [0.05, 0.1) is 17.0 Å². The van der Waals surface area contributed by atoms with E-state index in [9.17, 15) is 10.1 Å². The number of carbonyl (C=O) groups is 1. The van der Waals surface area contributed by atoms with Crippen LogP contribution in [0.2, 0.25) is 0 Å². The number of hydrogen-bond donors (Lipinski definition) is 0. The van der Waals surface area contributed by atoms with Gasteiger partial charge in [0.15, 0.2) is 5.65 Å². The molecule has 34 heavy (non-hydrogen) atoms. The number of piperazine rings is 1. The molecule has 0 radical (unpaired) electrons. The van der Waals surface area contributed by atoms with E-state index in [0.717, 1.165) is 36.2 Å². The van der Waals surface area contributed by atoms with Gasteiger partial charge < -0.3 is 9.80 Å². The van der Waals surface area contributed by atoms with Gasteiger partial charge in [0, 0.05) is 43.5 Å². The van der Waals surface area contributed by atoms with Crippen molar-refractivity contribution in [3.05, 3.63) is 42.0 Å². The molecule has 4 heterocycles. The minimum absolute atomic E-state index is 0.0112. The molecule has 0 N–H and O–H groups in total. The van der Waals surface area contributed by atoms with Crippen LogP contribution in [0.15, 0.2) is 30.9 Å². The van der Waals surface area contributed by atoms with Crippen LogP contribution in [0.1, 0.15) is 64.0 Å². The highest BCUT2D eigenvalue weighted by Gasteiger charge is 2.36. The van der Waals surface area contributed by atoms with Gasteiger partial charge in [0.25, 0.3) is 0 Å². The highest BCUT2D eigenvalue weighted by molar-refractivity contribution is 5.93. The van der Waals surface area contributed by atoms with Gasteiger partial charge in [-0.3, -0.25) is 9.36 Å². The van der Waals surface area contributed by atoms with E-state index in [0.29, 0.717) is 23.8 Å².